The number of carbonyl (C=O) groups excluding carboxylic acids is 1. The highest BCUT2D eigenvalue weighted by molar-refractivity contribution is 7.89. The van der Waals surface area contributed by atoms with Gasteiger partial charge in [-0.15, -0.1) is 0 Å². The molecule has 0 aliphatic carbocycles. The number of para-hydroxylation sites is 2. The molecule has 3 rings (SSSR count). The second-order valence-electron chi connectivity index (χ2n) is 6.89. The first-order chi connectivity index (χ1) is 13.2. The Morgan fingerprint density at radius 2 is 1.61 bits per heavy atom. The van der Waals surface area contributed by atoms with E-state index in [0.717, 1.165) is 9.87 Å². The molecule has 0 aromatic heterocycles. The lowest BCUT2D eigenvalue weighted by Gasteiger charge is -2.31. The molecule has 1 aliphatic rings. The van der Waals surface area contributed by atoms with Crippen LogP contribution in [0.1, 0.15) is 25.5 Å². The highest BCUT2D eigenvalue weighted by Crippen LogP contribution is 2.33. The van der Waals surface area contributed by atoms with Crippen LogP contribution in [0.25, 0.3) is 0 Å². The van der Waals surface area contributed by atoms with Gasteiger partial charge in [-0.3, -0.25) is 4.79 Å². The number of nitrogens with one attached hydrogen (secondary N) is 1. The third-order valence-electron chi connectivity index (χ3n) is 4.62. The third-order valence-corrected chi connectivity index (χ3v) is 6.45. The van der Waals surface area contributed by atoms with E-state index in [0.29, 0.717) is 11.5 Å². The van der Waals surface area contributed by atoms with Crippen LogP contribution in [0, 0.1) is 0 Å². The number of ether oxygens (including phenoxy) is 2. The van der Waals surface area contributed by atoms with Crippen molar-refractivity contribution in [3.8, 4) is 11.5 Å². The van der Waals surface area contributed by atoms with Crippen LogP contribution in [0.4, 0.5) is 0 Å². The molecule has 0 unspecified atom stereocenters. The molecule has 8 heteroatoms. The van der Waals surface area contributed by atoms with Crippen molar-refractivity contribution >= 4 is 15.9 Å². The molecule has 1 aliphatic heterocycles. The molecular formula is C20H24N2O5S. The van der Waals surface area contributed by atoms with Crippen LogP contribution in [-0.4, -0.2) is 44.9 Å². The predicted molar refractivity (Wildman–Crippen MR) is 105 cm³/mol. The van der Waals surface area contributed by atoms with E-state index >= 15 is 0 Å². The second-order valence-corrected chi connectivity index (χ2v) is 9.05. The fourth-order valence-corrected chi connectivity index (χ4v) is 3.83. The highest BCUT2D eigenvalue weighted by Gasteiger charge is 2.34. The van der Waals surface area contributed by atoms with Crippen molar-refractivity contribution in [2.24, 2.45) is 0 Å². The molecule has 28 heavy (non-hydrogen) atoms. The van der Waals surface area contributed by atoms with Crippen LogP contribution in [0.15, 0.2) is 53.4 Å². The zero-order valence-electron chi connectivity index (χ0n) is 16.2. The molecule has 1 heterocycles. The summed E-state index contributed by atoms with van der Waals surface area (Å²) in [6, 6.07) is 13.4. The largest absolute Gasteiger partial charge is 0.482 e. The van der Waals surface area contributed by atoms with Crippen LogP contribution in [0.3, 0.4) is 0 Å². The van der Waals surface area contributed by atoms with Crippen molar-refractivity contribution in [1.29, 1.82) is 0 Å². The first-order valence-electron chi connectivity index (χ1n) is 8.95. The topological polar surface area (TPSA) is 84.9 Å². The average molecular weight is 404 g/mol. The van der Waals surface area contributed by atoms with Crippen LogP contribution in [-0.2, 0) is 14.8 Å². The molecule has 2 aromatic carbocycles. The summed E-state index contributed by atoms with van der Waals surface area (Å²) >= 11 is 0. The molecular weight excluding hydrogens is 380 g/mol. The summed E-state index contributed by atoms with van der Waals surface area (Å²) in [7, 11) is -0.518. The minimum atomic E-state index is -3.49. The SMILES string of the molecule is C[C@H](NC(=O)[C@@H]1Oc2ccccc2O[C@H]1C)c1ccc(S(=O)(=O)N(C)C)cc1. The number of carbonyl (C=O) groups is 1. The van der Waals surface area contributed by atoms with Gasteiger partial charge in [0.2, 0.25) is 16.1 Å². The number of amides is 1. The van der Waals surface area contributed by atoms with E-state index in [4.69, 9.17) is 9.47 Å². The summed E-state index contributed by atoms with van der Waals surface area (Å²) < 4.78 is 37.1. The Morgan fingerprint density at radius 1 is 1.04 bits per heavy atom. The molecule has 3 atom stereocenters. The van der Waals surface area contributed by atoms with Crippen molar-refractivity contribution in [2.75, 3.05) is 14.1 Å². The number of nitrogens with zero attached hydrogens (tertiary/aromatic N) is 1. The average Bonchev–Trinajstić information content (AvgIpc) is 2.67. The minimum Gasteiger partial charge on any atom is -0.482 e. The monoisotopic (exact) mass is 404 g/mol. The third kappa shape index (κ3) is 3.98. The molecule has 1 N–H and O–H groups in total. The molecule has 1 amide bonds. The van der Waals surface area contributed by atoms with Gasteiger partial charge in [0.05, 0.1) is 10.9 Å². The Kier molecular flexibility index (Phi) is 5.62. The zero-order valence-corrected chi connectivity index (χ0v) is 17.1. The van der Waals surface area contributed by atoms with E-state index in [-0.39, 0.29) is 16.8 Å². The smallest absolute Gasteiger partial charge is 0.265 e. The second kappa shape index (κ2) is 7.81. The maximum atomic E-state index is 12.7. The quantitative estimate of drug-likeness (QED) is 0.827. The van der Waals surface area contributed by atoms with E-state index in [1.54, 1.807) is 31.2 Å². The number of rotatable bonds is 5. The van der Waals surface area contributed by atoms with Gasteiger partial charge < -0.3 is 14.8 Å². The first kappa shape index (κ1) is 20.2. The normalized spacial score (nSPS) is 19.9. The maximum Gasteiger partial charge on any atom is 0.265 e. The summed E-state index contributed by atoms with van der Waals surface area (Å²) in [6.45, 7) is 3.61. The van der Waals surface area contributed by atoms with E-state index in [2.05, 4.69) is 5.32 Å². The van der Waals surface area contributed by atoms with Gasteiger partial charge in [-0.25, -0.2) is 12.7 Å². The van der Waals surface area contributed by atoms with Gasteiger partial charge in [0, 0.05) is 14.1 Å². The summed E-state index contributed by atoms with van der Waals surface area (Å²) in [4.78, 5) is 12.9. The molecule has 150 valence electrons. The van der Waals surface area contributed by atoms with Gasteiger partial charge in [0.15, 0.2) is 11.5 Å². The molecule has 0 spiro atoms. The van der Waals surface area contributed by atoms with Gasteiger partial charge in [-0.05, 0) is 43.7 Å². The van der Waals surface area contributed by atoms with Crippen molar-refractivity contribution < 1.29 is 22.7 Å². The first-order valence-corrected chi connectivity index (χ1v) is 10.4. The molecule has 0 saturated heterocycles. The minimum absolute atomic E-state index is 0.203. The molecule has 0 radical (unpaired) electrons. The van der Waals surface area contributed by atoms with Gasteiger partial charge >= 0.3 is 0 Å². The summed E-state index contributed by atoms with van der Waals surface area (Å²) in [5, 5.41) is 2.90. The van der Waals surface area contributed by atoms with Crippen molar-refractivity contribution in [1.82, 2.24) is 9.62 Å². The molecule has 0 fully saturated rings. The van der Waals surface area contributed by atoms with Crippen LogP contribution >= 0.6 is 0 Å². The van der Waals surface area contributed by atoms with Gasteiger partial charge in [-0.1, -0.05) is 24.3 Å². The van der Waals surface area contributed by atoms with Gasteiger partial charge in [-0.2, -0.15) is 0 Å². The van der Waals surface area contributed by atoms with Crippen molar-refractivity contribution in [3.05, 3.63) is 54.1 Å². The van der Waals surface area contributed by atoms with Gasteiger partial charge in [0.25, 0.3) is 5.91 Å². The molecule has 0 bridgehead atoms. The summed E-state index contributed by atoms with van der Waals surface area (Å²) in [5.41, 5.74) is 0.788. The Morgan fingerprint density at radius 3 is 2.18 bits per heavy atom. The van der Waals surface area contributed by atoms with Crippen molar-refractivity contribution in [3.63, 3.8) is 0 Å². The number of hydrogen-bond donors (Lipinski definition) is 1. The Bertz CT molecular complexity index is 957. The number of hydrogen-bond acceptors (Lipinski definition) is 5. The predicted octanol–water partition coefficient (Wildman–Crippen LogP) is 2.34. The summed E-state index contributed by atoms with van der Waals surface area (Å²) in [5.74, 6) is 0.857. The Balaban J connectivity index is 1.69. The van der Waals surface area contributed by atoms with Crippen LogP contribution in [0.5, 0.6) is 11.5 Å². The number of fused-ring (bicyclic) bond motifs is 1. The number of sulfonamides is 1. The van der Waals surface area contributed by atoms with E-state index in [1.165, 1.54) is 26.2 Å². The van der Waals surface area contributed by atoms with E-state index in [9.17, 15) is 13.2 Å². The van der Waals surface area contributed by atoms with E-state index in [1.807, 2.05) is 19.1 Å². The highest BCUT2D eigenvalue weighted by atomic mass is 32.2. The standard InChI is InChI=1S/C20H24N2O5S/c1-13(15-9-11-16(12-10-15)28(24,25)22(3)4)21-20(23)19-14(2)26-17-7-5-6-8-18(17)27-19/h5-14,19H,1-4H3,(H,21,23)/t13-,14-,19+/m0/s1. The molecule has 0 saturated carbocycles. The summed E-state index contributed by atoms with van der Waals surface area (Å²) in [6.07, 6.45) is -1.21. The lowest BCUT2D eigenvalue weighted by atomic mass is 10.1. The fourth-order valence-electron chi connectivity index (χ4n) is 2.92. The molecule has 7 nitrogen and oxygen atoms in total. The van der Waals surface area contributed by atoms with E-state index < -0.39 is 22.2 Å². The molecule has 2 aromatic rings. The Labute approximate surface area is 165 Å². The lowest BCUT2D eigenvalue weighted by Crippen LogP contribution is -2.49. The Hall–Kier alpha value is -2.58. The van der Waals surface area contributed by atoms with Crippen LogP contribution < -0.4 is 14.8 Å². The van der Waals surface area contributed by atoms with Crippen LogP contribution in [0.2, 0.25) is 0 Å². The van der Waals surface area contributed by atoms with Gasteiger partial charge in [0.1, 0.15) is 6.10 Å². The van der Waals surface area contributed by atoms with Crippen molar-refractivity contribution in [2.45, 2.75) is 37.0 Å². The fraction of sp³-hybridized carbons (Fsp3) is 0.350. The lowest BCUT2D eigenvalue weighted by molar-refractivity contribution is -0.134. The number of benzene rings is 2. The zero-order chi connectivity index (χ0) is 20.5. The maximum absolute atomic E-state index is 12.7.